The van der Waals surface area contributed by atoms with E-state index < -0.39 is 0 Å². The van der Waals surface area contributed by atoms with Gasteiger partial charge in [0.25, 0.3) is 0 Å². The van der Waals surface area contributed by atoms with Crippen LogP contribution in [0.25, 0.3) is 0 Å². The number of carbonyl (C=O) groups excluding carboxylic acids is 1. The quantitative estimate of drug-likeness (QED) is 0.501. The van der Waals surface area contributed by atoms with E-state index in [1.807, 2.05) is 0 Å². The summed E-state index contributed by atoms with van der Waals surface area (Å²) in [7, 11) is 1.43. The Morgan fingerprint density at radius 1 is 1.38 bits per heavy atom. The van der Waals surface area contributed by atoms with Crippen LogP contribution in [0, 0.1) is 5.92 Å². The van der Waals surface area contributed by atoms with Gasteiger partial charge in [0.1, 0.15) is 0 Å². The molecule has 0 spiro atoms. The van der Waals surface area contributed by atoms with Gasteiger partial charge in [0, 0.05) is 24.1 Å². The zero-order chi connectivity index (χ0) is 12.4. The Labute approximate surface area is 104 Å². The molecule has 96 valence electrons. The minimum atomic E-state index is -0.117. The number of esters is 1. The predicted molar refractivity (Wildman–Crippen MR) is 70.9 cm³/mol. The van der Waals surface area contributed by atoms with Crippen molar-refractivity contribution in [3.05, 3.63) is 0 Å². The van der Waals surface area contributed by atoms with E-state index in [0.717, 1.165) is 24.0 Å². The molecule has 0 heterocycles. The van der Waals surface area contributed by atoms with Crippen molar-refractivity contribution in [3.63, 3.8) is 0 Å². The second-order valence-electron chi connectivity index (χ2n) is 4.07. The molecule has 0 amide bonds. The Kier molecular flexibility index (Phi) is 9.83. The van der Waals surface area contributed by atoms with Gasteiger partial charge in [-0.2, -0.15) is 11.8 Å². The van der Waals surface area contributed by atoms with E-state index in [2.05, 4.69) is 30.8 Å². The summed E-state index contributed by atoms with van der Waals surface area (Å²) in [6.45, 7) is 7.72. The monoisotopic (exact) mass is 247 g/mol. The summed E-state index contributed by atoms with van der Waals surface area (Å²) in [4.78, 5) is 10.8. The molecule has 0 saturated heterocycles. The highest BCUT2D eigenvalue weighted by molar-refractivity contribution is 7.99. The maximum absolute atomic E-state index is 10.8. The van der Waals surface area contributed by atoms with Gasteiger partial charge in [-0.15, -0.1) is 0 Å². The molecule has 0 rings (SSSR count). The summed E-state index contributed by atoms with van der Waals surface area (Å²) in [5.41, 5.74) is 0. The highest BCUT2D eigenvalue weighted by atomic mass is 32.2. The number of hydrogen-bond acceptors (Lipinski definition) is 4. The fourth-order valence-corrected chi connectivity index (χ4v) is 2.05. The van der Waals surface area contributed by atoms with Crippen LogP contribution in [0.15, 0.2) is 0 Å². The van der Waals surface area contributed by atoms with E-state index in [0.29, 0.717) is 12.5 Å². The first-order valence-corrected chi connectivity index (χ1v) is 7.15. The number of methoxy groups -OCH3 is 1. The third-order valence-electron chi connectivity index (χ3n) is 2.89. The van der Waals surface area contributed by atoms with Gasteiger partial charge in [0.2, 0.25) is 0 Å². The Morgan fingerprint density at radius 3 is 2.62 bits per heavy atom. The van der Waals surface area contributed by atoms with Crippen LogP contribution in [0.4, 0.5) is 0 Å². The second-order valence-corrected chi connectivity index (χ2v) is 5.29. The average molecular weight is 247 g/mol. The van der Waals surface area contributed by atoms with Crippen LogP contribution < -0.4 is 5.32 Å². The standard InChI is InChI=1S/C12H25NO2S/c1-5-10(2)11(3)13-7-9-16-8-6-12(14)15-4/h10-11,13H,5-9H2,1-4H3. The molecule has 2 unspecified atom stereocenters. The first-order chi connectivity index (χ1) is 7.61. The van der Waals surface area contributed by atoms with E-state index in [-0.39, 0.29) is 5.97 Å². The molecule has 0 aromatic carbocycles. The van der Waals surface area contributed by atoms with Gasteiger partial charge >= 0.3 is 5.97 Å². The fraction of sp³-hybridized carbons (Fsp3) is 0.917. The number of ether oxygens (including phenoxy) is 1. The van der Waals surface area contributed by atoms with E-state index in [1.165, 1.54) is 13.5 Å². The van der Waals surface area contributed by atoms with Crippen molar-refractivity contribution in [2.75, 3.05) is 25.2 Å². The molecular formula is C12H25NO2S. The van der Waals surface area contributed by atoms with Gasteiger partial charge in [-0.3, -0.25) is 4.79 Å². The molecule has 0 aliphatic carbocycles. The average Bonchev–Trinajstić information content (AvgIpc) is 2.31. The molecule has 3 nitrogen and oxygen atoms in total. The summed E-state index contributed by atoms with van der Waals surface area (Å²) in [5, 5.41) is 3.50. The van der Waals surface area contributed by atoms with E-state index in [4.69, 9.17) is 0 Å². The Hall–Kier alpha value is -0.220. The van der Waals surface area contributed by atoms with Gasteiger partial charge in [-0.05, 0) is 12.8 Å². The number of nitrogens with one attached hydrogen (secondary N) is 1. The summed E-state index contributed by atoms with van der Waals surface area (Å²) in [6, 6.07) is 0.575. The second kappa shape index (κ2) is 9.97. The third kappa shape index (κ3) is 7.99. The number of rotatable bonds is 9. The van der Waals surface area contributed by atoms with Gasteiger partial charge in [0.05, 0.1) is 13.5 Å². The van der Waals surface area contributed by atoms with Gasteiger partial charge in [-0.1, -0.05) is 20.3 Å². The molecule has 4 heteroatoms. The van der Waals surface area contributed by atoms with E-state index in [9.17, 15) is 4.79 Å². The lowest BCUT2D eigenvalue weighted by atomic mass is 10.0. The largest absolute Gasteiger partial charge is 0.469 e. The first-order valence-electron chi connectivity index (χ1n) is 5.99. The molecule has 0 aliphatic rings. The molecule has 2 atom stereocenters. The molecule has 0 fully saturated rings. The van der Waals surface area contributed by atoms with Crippen molar-refractivity contribution in [1.82, 2.24) is 5.32 Å². The van der Waals surface area contributed by atoms with Crippen LogP contribution in [0.2, 0.25) is 0 Å². The Bertz CT molecular complexity index is 188. The zero-order valence-corrected chi connectivity index (χ0v) is 11.7. The highest BCUT2D eigenvalue weighted by Gasteiger charge is 2.08. The zero-order valence-electron chi connectivity index (χ0n) is 10.9. The highest BCUT2D eigenvalue weighted by Crippen LogP contribution is 2.07. The number of carbonyl (C=O) groups is 1. The van der Waals surface area contributed by atoms with Crippen LogP contribution in [-0.4, -0.2) is 37.2 Å². The lowest BCUT2D eigenvalue weighted by Crippen LogP contribution is -2.33. The normalized spacial score (nSPS) is 14.5. The fourth-order valence-electron chi connectivity index (χ4n) is 1.27. The molecule has 0 saturated carbocycles. The third-order valence-corrected chi connectivity index (χ3v) is 3.87. The van der Waals surface area contributed by atoms with Crippen molar-refractivity contribution in [3.8, 4) is 0 Å². The van der Waals surface area contributed by atoms with Crippen molar-refractivity contribution in [1.29, 1.82) is 0 Å². The van der Waals surface area contributed by atoms with Crippen molar-refractivity contribution < 1.29 is 9.53 Å². The maximum Gasteiger partial charge on any atom is 0.306 e. The molecule has 0 aliphatic heterocycles. The minimum absolute atomic E-state index is 0.117. The summed E-state index contributed by atoms with van der Waals surface area (Å²) in [6.07, 6.45) is 1.73. The van der Waals surface area contributed by atoms with Crippen molar-refractivity contribution in [2.45, 2.75) is 39.7 Å². The Morgan fingerprint density at radius 2 is 2.06 bits per heavy atom. The molecule has 0 aromatic heterocycles. The molecule has 16 heavy (non-hydrogen) atoms. The summed E-state index contributed by atoms with van der Waals surface area (Å²) >= 11 is 1.79. The molecule has 1 N–H and O–H groups in total. The van der Waals surface area contributed by atoms with Gasteiger partial charge in [0.15, 0.2) is 0 Å². The Balaban J connectivity index is 3.30. The molecule has 0 bridgehead atoms. The smallest absolute Gasteiger partial charge is 0.306 e. The lowest BCUT2D eigenvalue weighted by molar-refractivity contribution is -0.140. The summed E-state index contributed by atoms with van der Waals surface area (Å²) in [5.74, 6) is 2.51. The number of thioether (sulfide) groups is 1. The van der Waals surface area contributed by atoms with Crippen molar-refractivity contribution >= 4 is 17.7 Å². The van der Waals surface area contributed by atoms with Gasteiger partial charge < -0.3 is 10.1 Å². The van der Waals surface area contributed by atoms with E-state index in [1.54, 1.807) is 11.8 Å². The topological polar surface area (TPSA) is 38.3 Å². The van der Waals surface area contributed by atoms with Crippen LogP contribution in [0.1, 0.15) is 33.6 Å². The molecule has 0 radical (unpaired) electrons. The van der Waals surface area contributed by atoms with Crippen LogP contribution in [0.5, 0.6) is 0 Å². The molecular weight excluding hydrogens is 222 g/mol. The minimum Gasteiger partial charge on any atom is -0.469 e. The van der Waals surface area contributed by atoms with Crippen LogP contribution in [0.3, 0.4) is 0 Å². The summed E-state index contributed by atoms with van der Waals surface area (Å²) < 4.78 is 4.57. The van der Waals surface area contributed by atoms with Crippen molar-refractivity contribution in [2.24, 2.45) is 5.92 Å². The first kappa shape index (κ1) is 15.8. The van der Waals surface area contributed by atoms with Crippen LogP contribution >= 0.6 is 11.8 Å². The maximum atomic E-state index is 10.8. The predicted octanol–water partition coefficient (Wildman–Crippen LogP) is 2.31. The number of hydrogen-bond donors (Lipinski definition) is 1. The SMILES string of the molecule is CCC(C)C(C)NCCSCCC(=O)OC. The van der Waals surface area contributed by atoms with Gasteiger partial charge in [-0.25, -0.2) is 0 Å². The molecule has 0 aromatic rings. The van der Waals surface area contributed by atoms with Crippen LogP contribution in [-0.2, 0) is 9.53 Å². The lowest BCUT2D eigenvalue weighted by Gasteiger charge is -2.19. The van der Waals surface area contributed by atoms with E-state index >= 15 is 0 Å².